The molecule has 1 unspecified atom stereocenters. The number of rotatable bonds is 4. The summed E-state index contributed by atoms with van der Waals surface area (Å²) < 4.78 is 0. The molecule has 0 amide bonds. The minimum atomic E-state index is 0.555. The topological polar surface area (TPSA) is 81.8 Å². The number of hydrogen-bond acceptors (Lipinski definition) is 6. The Morgan fingerprint density at radius 2 is 2.07 bits per heavy atom. The van der Waals surface area contributed by atoms with Gasteiger partial charge in [0, 0.05) is 48.5 Å². The van der Waals surface area contributed by atoms with Crippen LogP contribution in [0.25, 0.3) is 10.9 Å². The Labute approximate surface area is 159 Å². The van der Waals surface area contributed by atoms with Crippen LogP contribution in [0.3, 0.4) is 0 Å². The lowest BCUT2D eigenvalue weighted by molar-refractivity contribution is 0.403. The molecule has 0 saturated carbocycles. The highest BCUT2D eigenvalue weighted by atomic mass is 15.3. The van der Waals surface area contributed by atoms with Crippen molar-refractivity contribution in [1.82, 2.24) is 25.5 Å². The summed E-state index contributed by atoms with van der Waals surface area (Å²) in [6.07, 6.45) is 2.93. The van der Waals surface area contributed by atoms with Gasteiger partial charge in [0.05, 0.1) is 11.7 Å². The van der Waals surface area contributed by atoms with Crippen LogP contribution in [0, 0.1) is 12.8 Å². The van der Waals surface area contributed by atoms with Gasteiger partial charge in [0.15, 0.2) is 0 Å². The fourth-order valence-corrected chi connectivity index (χ4v) is 3.59. The fourth-order valence-electron chi connectivity index (χ4n) is 3.59. The van der Waals surface area contributed by atoms with Crippen molar-refractivity contribution >= 4 is 28.4 Å². The largest absolute Gasteiger partial charge is 0.340 e. The summed E-state index contributed by atoms with van der Waals surface area (Å²) in [6.45, 7) is 9.42. The first-order valence-electron chi connectivity index (χ1n) is 9.62. The van der Waals surface area contributed by atoms with Crippen molar-refractivity contribution in [2.24, 2.45) is 5.92 Å². The highest BCUT2D eigenvalue weighted by molar-refractivity contribution is 5.82. The minimum absolute atomic E-state index is 0.555. The lowest BCUT2D eigenvalue weighted by atomic mass is 10.0. The van der Waals surface area contributed by atoms with Gasteiger partial charge in [-0.05, 0) is 37.5 Å². The molecule has 3 heterocycles. The number of aromatic nitrogens is 4. The number of benzene rings is 1. The van der Waals surface area contributed by atoms with Crippen LogP contribution in [-0.4, -0.2) is 45.8 Å². The van der Waals surface area contributed by atoms with Crippen molar-refractivity contribution in [3.8, 4) is 0 Å². The normalized spacial score (nSPS) is 18.1. The molecular weight excluding hydrogens is 338 g/mol. The molecule has 142 valence electrons. The van der Waals surface area contributed by atoms with E-state index in [2.05, 4.69) is 50.6 Å². The standard InChI is InChI=1S/C20H27N7/c1-13(2)17-6-8-27(9-7-21-17)20-23-14(3)10-19(25-20)24-16-4-5-18-15(11-16)12-22-26-18/h4-5,10-13,17,21H,6-9H2,1-3H3,(H,22,26)(H,23,24,25). The summed E-state index contributed by atoms with van der Waals surface area (Å²) in [5.74, 6) is 2.25. The molecule has 7 nitrogen and oxygen atoms in total. The number of aryl methyl sites for hydroxylation is 1. The molecule has 1 aromatic carbocycles. The third-order valence-corrected chi connectivity index (χ3v) is 5.14. The maximum absolute atomic E-state index is 4.78. The molecule has 1 aliphatic heterocycles. The van der Waals surface area contributed by atoms with Gasteiger partial charge in [-0.3, -0.25) is 5.10 Å². The van der Waals surface area contributed by atoms with Gasteiger partial charge in [0.2, 0.25) is 5.95 Å². The number of H-pyrrole nitrogens is 1. The predicted molar refractivity (Wildman–Crippen MR) is 110 cm³/mol. The summed E-state index contributed by atoms with van der Waals surface area (Å²) in [6, 6.07) is 8.65. The number of hydrogen-bond donors (Lipinski definition) is 3. The van der Waals surface area contributed by atoms with Gasteiger partial charge >= 0.3 is 0 Å². The van der Waals surface area contributed by atoms with Crippen LogP contribution >= 0.6 is 0 Å². The minimum Gasteiger partial charge on any atom is -0.340 e. The number of aromatic amines is 1. The molecule has 27 heavy (non-hydrogen) atoms. The molecule has 0 spiro atoms. The Kier molecular flexibility index (Phi) is 4.94. The Balaban J connectivity index is 1.54. The van der Waals surface area contributed by atoms with Crippen molar-refractivity contribution in [2.45, 2.75) is 33.2 Å². The second kappa shape index (κ2) is 7.52. The van der Waals surface area contributed by atoms with Crippen molar-refractivity contribution < 1.29 is 0 Å². The second-order valence-electron chi connectivity index (χ2n) is 7.57. The first-order chi connectivity index (χ1) is 13.1. The van der Waals surface area contributed by atoms with Gasteiger partial charge in [-0.15, -0.1) is 0 Å². The van der Waals surface area contributed by atoms with Crippen molar-refractivity contribution in [1.29, 1.82) is 0 Å². The zero-order valence-electron chi connectivity index (χ0n) is 16.2. The molecule has 7 heteroatoms. The molecule has 3 N–H and O–H groups in total. The van der Waals surface area contributed by atoms with E-state index in [0.29, 0.717) is 12.0 Å². The smallest absolute Gasteiger partial charge is 0.227 e. The van der Waals surface area contributed by atoms with Crippen LogP contribution < -0.4 is 15.5 Å². The lowest BCUT2D eigenvalue weighted by Crippen LogP contribution is -2.34. The van der Waals surface area contributed by atoms with E-state index in [1.165, 1.54) is 0 Å². The van der Waals surface area contributed by atoms with Crippen LogP contribution in [-0.2, 0) is 0 Å². The molecule has 0 aliphatic carbocycles. The average molecular weight is 365 g/mol. The van der Waals surface area contributed by atoms with Gasteiger partial charge in [-0.1, -0.05) is 13.8 Å². The maximum Gasteiger partial charge on any atom is 0.227 e. The fraction of sp³-hybridized carbons (Fsp3) is 0.450. The van der Waals surface area contributed by atoms with Crippen molar-refractivity contribution in [3.63, 3.8) is 0 Å². The molecular formula is C20H27N7. The predicted octanol–water partition coefficient (Wildman–Crippen LogP) is 3.23. The Hall–Kier alpha value is -2.67. The van der Waals surface area contributed by atoms with Crippen LogP contribution in [0.5, 0.6) is 0 Å². The Morgan fingerprint density at radius 1 is 1.19 bits per heavy atom. The zero-order valence-corrected chi connectivity index (χ0v) is 16.2. The third-order valence-electron chi connectivity index (χ3n) is 5.14. The van der Waals surface area contributed by atoms with E-state index in [1.54, 1.807) is 0 Å². The highest BCUT2D eigenvalue weighted by Crippen LogP contribution is 2.22. The van der Waals surface area contributed by atoms with E-state index in [9.17, 15) is 0 Å². The first kappa shape index (κ1) is 17.7. The maximum atomic E-state index is 4.78. The van der Waals surface area contributed by atoms with Gasteiger partial charge < -0.3 is 15.5 Å². The number of nitrogens with one attached hydrogen (secondary N) is 3. The molecule has 2 aromatic heterocycles. The first-order valence-corrected chi connectivity index (χ1v) is 9.62. The van der Waals surface area contributed by atoms with Crippen LogP contribution in [0.1, 0.15) is 26.0 Å². The molecule has 0 radical (unpaired) electrons. The molecule has 1 fully saturated rings. The number of anilines is 3. The molecule has 1 aliphatic rings. The summed E-state index contributed by atoms with van der Waals surface area (Å²) >= 11 is 0. The van der Waals surface area contributed by atoms with Gasteiger partial charge in [-0.25, -0.2) is 4.98 Å². The van der Waals surface area contributed by atoms with E-state index in [4.69, 9.17) is 4.98 Å². The summed E-state index contributed by atoms with van der Waals surface area (Å²) in [7, 11) is 0. The molecule has 4 rings (SSSR count). The summed E-state index contributed by atoms with van der Waals surface area (Å²) in [4.78, 5) is 11.8. The molecule has 0 bridgehead atoms. The Morgan fingerprint density at radius 3 is 2.93 bits per heavy atom. The zero-order chi connectivity index (χ0) is 18.8. The van der Waals surface area contributed by atoms with Crippen molar-refractivity contribution in [3.05, 3.63) is 36.2 Å². The van der Waals surface area contributed by atoms with E-state index in [0.717, 1.165) is 60.1 Å². The second-order valence-corrected chi connectivity index (χ2v) is 7.57. The van der Waals surface area contributed by atoms with Gasteiger partial charge in [0.25, 0.3) is 0 Å². The third kappa shape index (κ3) is 4.03. The van der Waals surface area contributed by atoms with Gasteiger partial charge in [0.1, 0.15) is 5.82 Å². The van der Waals surface area contributed by atoms with Gasteiger partial charge in [-0.2, -0.15) is 10.1 Å². The molecule has 1 saturated heterocycles. The SMILES string of the molecule is Cc1cc(Nc2ccc3[nH]ncc3c2)nc(N2CCNC(C(C)C)CC2)n1. The lowest BCUT2D eigenvalue weighted by Gasteiger charge is -2.22. The van der Waals surface area contributed by atoms with Crippen LogP contribution in [0.2, 0.25) is 0 Å². The van der Waals surface area contributed by atoms with Crippen LogP contribution in [0.4, 0.5) is 17.5 Å². The van der Waals surface area contributed by atoms with Crippen LogP contribution in [0.15, 0.2) is 30.5 Å². The Bertz CT molecular complexity index is 918. The molecule has 1 atom stereocenters. The molecule has 3 aromatic rings. The van der Waals surface area contributed by atoms with E-state index in [-0.39, 0.29) is 0 Å². The monoisotopic (exact) mass is 365 g/mol. The van der Waals surface area contributed by atoms with E-state index < -0.39 is 0 Å². The average Bonchev–Trinajstić information content (AvgIpc) is 2.95. The summed E-state index contributed by atoms with van der Waals surface area (Å²) in [5, 5.41) is 15.2. The summed E-state index contributed by atoms with van der Waals surface area (Å²) in [5.41, 5.74) is 2.98. The van der Waals surface area contributed by atoms with Crippen molar-refractivity contribution in [2.75, 3.05) is 29.9 Å². The number of nitrogens with zero attached hydrogens (tertiary/aromatic N) is 4. The number of fused-ring (bicyclic) bond motifs is 1. The highest BCUT2D eigenvalue weighted by Gasteiger charge is 2.20. The quantitative estimate of drug-likeness (QED) is 0.659. The van der Waals surface area contributed by atoms with E-state index in [1.807, 2.05) is 31.3 Å². The van der Waals surface area contributed by atoms with E-state index >= 15 is 0 Å².